The summed E-state index contributed by atoms with van der Waals surface area (Å²) in [5, 5.41) is 20.1. The third-order valence-electron chi connectivity index (χ3n) is 5.33. The summed E-state index contributed by atoms with van der Waals surface area (Å²) in [7, 11) is 0. The molecule has 1 aliphatic heterocycles. The second-order valence-corrected chi connectivity index (χ2v) is 7.66. The van der Waals surface area contributed by atoms with Crippen LogP contribution >= 0.6 is 0 Å². The lowest BCUT2D eigenvalue weighted by atomic mass is 10.1. The largest absolute Gasteiger partial charge is 0.357 e. The molecule has 0 atom stereocenters. The number of aromatic nitrogens is 5. The Bertz CT molecular complexity index is 1030. The SMILES string of the molecule is CCNC(=NCc1ccccc1-n1nc(C)cc1C)NCc1nnc2n1CCCC2. The molecule has 0 unspecified atom stereocenters. The molecule has 0 bridgehead atoms. The second-order valence-electron chi connectivity index (χ2n) is 7.66. The highest BCUT2D eigenvalue weighted by Gasteiger charge is 2.15. The van der Waals surface area contributed by atoms with Gasteiger partial charge in [0.05, 0.1) is 24.5 Å². The van der Waals surface area contributed by atoms with Gasteiger partial charge in [-0.1, -0.05) is 18.2 Å². The molecule has 30 heavy (non-hydrogen) atoms. The van der Waals surface area contributed by atoms with Gasteiger partial charge in [0.2, 0.25) is 0 Å². The fraction of sp³-hybridized carbons (Fsp3) is 0.455. The van der Waals surface area contributed by atoms with Crippen molar-refractivity contribution in [3.63, 3.8) is 0 Å². The summed E-state index contributed by atoms with van der Waals surface area (Å²) in [6.45, 7) is 9.12. The predicted octanol–water partition coefficient (Wildman–Crippen LogP) is 2.67. The molecular weight excluding hydrogens is 376 g/mol. The van der Waals surface area contributed by atoms with Crippen LogP contribution in [-0.2, 0) is 26.1 Å². The van der Waals surface area contributed by atoms with Crippen LogP contribution in [0.1, 0.15) is 48.4 Å². The van der Waals surface area contributed by atoms with Crippen LogP contribution < -0.4 is 10.6 Å². The molecular formula is C22H30N8. The Balaban J connectivity index is 1.50. The summed E-state index contributed by atoms with van der Waals surface area (Å²) in [5.74, 6) is 2.84. The minimum atomic E-state index is 0.557. The average Bonchev–Trinajstić information content (AvgIpc) is 3.32. The predicted molar refractivity (Wildman–Crippen MR) is 118 cm³/mol. The minimum absolute atomic E-state index is 0.557. The molecule has 8 heteroatoms. The highest BCUT2D eigenvalue weighted by molar-refractivity contribution is 5.79. The maximum atomic E-state index is 4.81. The molecule has 0 spiro atoms. The minimum Gasteiger partial charge on any atom is -0.357 e. The zero-order valence-electron chi connectivity index (χ0n) is 18.0. The van der Waals surface area contributed by atoms with E-state index in [1.165, 1.54) is 12.8 Å². The van der Waals surface area contributed by atoms with Crippen LogP contribution in [-0.4, -0.2) is 37.0 Å². The Morgan fingerprint density at radius 3 is 2.80 bits per heavy atom. The lowest BCUT2D eigenvalue weighted by Gasteiger charge is -2.16. The molecule has 0 saturated heterocycles. The molecule has 0 aliphatic carbocycles. The van der Waals surface area contributed by atoms with Gasteiger partial charge in [-0.25, -0.2) is 9.67 Å². The summed E-state index contributed by atoms with van der Waals surface area (Å²) in [4.78, 5) is 4.81. The van der Waals surface area contributed by atoms with Gasteiger partial charge in [-0.2, -0.15) is 5.10 Å². The van der Waals surface area contributed by atoms with Crippen LogP contribution in [0.15, 0.2) is 35.3 Å². The second kappa shape index (κ2) is 9.11. The van der Waals surface area contributed by atoms with Crippen LogP contribution in [0.2, 0.25) is 0 Å². The van der Waals surface area contributed by atoms with Gasteiger partial charge >= 0.3 is 0 Å². The van der Waals surface area contributed by atoms with Gasteiger partial charge in [-0.3, -0.25) is 0 Å². The summed E-state index contributed by atoms with van der Waals surface area (Å²) in [6.07, 6.45) is 3.41. The number of hydrogen-bond acceptors (Lipinski definition) is 4. The molecule has 3 heterocycles. The van der Waals surface area contributed by atoms with Crippen LogP contribution in [0, 0.1) is 13.8 Å². The molecule has 0 fully saturated rings. The Hall–Kier alpha value is -3.16. The summed E-state index contributed by atoms with van der Waals surface area (Å²) in [5.41, 5.74) is 4.32. The van der Waals surface area contributed by atoms with Crippen LogP contribution in [0.3, 0.4) is 0 Å². The first-order valence-electron chi connectivity index (χ1n) is 10.7. The Morgan fingerprint density at radius 2 is 2.00 bits per heavy atom. The van der Waals surface area contributed by atoms with Crippen molar-refractivity contribution in [1.29, 1.82) is 0 Å². The number of rotatable bonds is 6. The standard InChI is InChI=1S/C22H30N8/c1-4-23-22(25-15-21-27-26-20-11-7-8-12-29(20)21)24-14-18-9-5-6-10-19(18)30-17(3)13-16(2)28-30/h5-6,9-10,13H,4,7-8,11-12,14-15H2,1-3H3,(H2,23,24,25). The third-order valence-corrected chi connectivity index (χ3v) is 5.33. The molecule has 2 aromatic heterocycles. The first-order valence-corrected chi connectivity index (χ1v) is 10.7. The molecule has 1 aliphatic rings. The Labute approximate surface area is 177 Å². The number of aryl methyl sites for hydroxylation is 3. The lowest BCUT2D eigenvalue weighted by molar-refractivity contribution is 0.504. The lowest BCUT2D eigenvalue weighted by Crippen LogP contribution is -2.37. The van der Waals surface area contributed by atoms with Crippen molar-refractivity contribution in [2.24, 2.45) is 4.99 Å². The van der Waals surface area contributed by atoms with Crippen LogP contribution in [0.4, 0.5) is 0 Å². The van der Waals surface area contributed by atoms with Gasteiger partial charge in [0, 0.05) is 25.2 Å². The van der Waals surface area contributed by atoms with Crippen LogP contribution in [0.25, 0.3) is 5.69 Å². The van der Waals surface area contributed by atoms with Crippen molar-refractivity contribution in [3.8, 4) is 5.69 Å². The first-order chi connectivity index (χ1) is 14.7. The van der Waals surface area contributed by atoms with Crippen molar-refractivity contribution in [2.45, 2.75) is 59.7 Å². The van der Waals surface area contributed by atoms with Gasteiger partial charge in [0.25, 0.3) is 0 Å². The van der Waals surface area contributed by atoms with E-state index >= 15 is 0 Å². The van der Waals surface area contributed by atoms with Crippen LogP contribution in [0.5, 0.6) is 0 Å². The highest BCUT2D eigenvalue weighted by Crippen LogP contribution is 2.18. The van der Waals surface area contributed by atoms with E-state index in [4.69, 9.17) is 4.99 Å². The zero-order chi connectivity index (χ0) is 20.9. The molecule has 3 aromatic rings. The number of benzene rings is 1. The van der Waals surface area contributed by atoms with Crippen molar-refractivity contribution < 1.29 is 0 Å². The first kappa shape index (κ1) is 20.1. The van der Waals surface area contributed by atoms with Crippen molar-refractivity contribution in [2.75, 3.05) is 6.54 Å². The van der Waals surface area contributed by atoms with Gasteiger partial charge in [-0.15, -0.1) is 10.2 Å². The van der Waals surface area contributed by atoms with Crippen molar-refractivity contribution in [3.05, 3.63) is 58.9 Å². The van der Waals surface area contributed by atoms with E-state index in [9.17, 15) is 0 Å². The van der Waals surface area contributed by atoms with Gasteiger partial charge < -0.3 is 15.2 Å². The quantitative estimate of drug-likeness (QED) is 0.486. The molecule has 0 saturated carbocycles. The normalized spacial score (nSPS) is 13.9. The highest BCUT2D eigenvalue weighted by atomic mass is 15.3. The van der Waals surface area contributed by atoms with E-state index in [1.807, 2.05) is 23.7 Å². The van der Waals surface area contributed by atoms with Crippen molar-refractivity contribution in [1.82, 2.24) is 35.2 Å². The molecule has 0 amide bonds. The topological polar surface area (TPSA) is 84.9 Å². The maximum Gasteiger partial charge on any atom is 0.191 e. The van der Waals surface area contributed by atoms with E-state index in [1.54, 1.807) is 0 Å². The number of para-hydroxylation sites is 1. The molecule has 8 nitrogen and oxygen atoms in total. The maximum absolute atomic E-state index is 4.81. The summed E-state index contributed by atoms with van der Waals surface area (Å²) >= 11 is 0. The molecule has 158 valence electrons. The van der Waals surface area contributed by atoms with E-state index in [-0.39, 0.29) is 0 Å². The van der Waals surface area contributed by atoms with Gasteiger partial charge in [-0.05, 0) is 51.3 Å². The molecule has 0 radical (unpaired) electrons. The molecule has 4 rings (SSSR count). The number of nitrogens with one attached hydrogen (secondary N) is 2. The third kappa shape index (κ3) is 4.37. The number of nitrogens with zero attached hydrogens (tertiary/aromatic N) is 6. The van der Waals surface area contributed by atoms with E-state index in [0.29, 0.717) is 13.1 Å². The van der Waals surface area contributed by atoms with E-state index in [0.717, 1.165) is 59.8 Å². The number of guanidine groups is 1. The number of aliphatic imine (C=N–C) groups is 1. The fourth-order valence-corrected chi connectivity index (χ4v) is 3.89. The van der Waals surface area contributed by atoms with Crippen molar-refractivity contribution >= 4 is 5.96 Å². The monoisotopic (exact) mass is 406 g/mol. The average molecular weight is 407 g/mol. The molecule has 2 N–H and O–H groups in total. The van der Waals surface area contributed by atoms with Gasteiger partial charge in [0.1, 0.15) is 5.82 Å². The zero-order valence-corrected chi connectivity index (χ0v) is 18.0. The van der Waals surface area contributed by atoms with E-state index < -0.39 is 0 Å². The number of hydrogen-bond donors (Lipinski definition) is 2. The summed E-state index contributed by atoms with van der Waals surface area (Å²) < 4.78 is 4.22. The fourth-order valence-electron chi connectivity index (χ4n) is 3.89. The van der Waals surface area contributed by atoms with Gasteiger partial charge in [0.15, 0.2) is 11.8 Å². The summed E-state index contributed by atoms with van der Waals surface area (Å²) in [6, 6.07) is 10.4. The molecule has 1 aromatic carbocycles. The Kier molecular flexibility index (Phi) is 6.11. The Morgan fingerprint density at radius 1 is 1.13 bits per heavy atom. The smallest absolute Gasteiger partial charge is 0.191 e. The number of fused-ring (bicyclic) bond motifs is 1. The van der Waals surface area contributed by atoms with E-state index in [2.05, 4.69) is 62.5 Å².